The second-order valence-electron chi connectivity index (χ2n) is 6.92. The fraction of sp³-hybridized carbons (Fsp3) is 0.263. The quantitative estimate of drug-likeness (QED) is 0.587. The summed E-state index contributed by atoms with van der Waals surface area (Å²) in [6.07, 6.45) is 3.30. The molecule has 0 atom stereocenters. The molecule has 0 fully saturated rings. The van der Waals surface area contributed by atoms with Crippen molar-refractivity contribution in [2.45, 2.75) is 31.1 Å². The third kappa shape index (κ3) is 5.17. The lowest BCUT2D eigenvalue weighted by Crippen LogP contribution is -2.17. The predicted octanol–water partition coefficient (Wildman–Crippen LogP) is 4.45. The highest BCUT2D eigenvalue weighted by molar-refractivity contribution is 9.10. The van der Waals surface area contributed by atoms with Crippen LogP contribution >= 0.6 is 27.7 Å². The number of halogens is 1. The minimum Gasteiger partial charge on any atom is -0.310 e. The first kappa shape index (κ1) is 19.6. The van der Waals surface area contributed by atoms with Crippen molar-refractivity contribution in [3.8, 4) is 5.95 Å². The van der Waals surface area contributed by atoms with E-state index in [0.717, 1.165) is 15.1 Å². The number of thioether (sulfide) groups is 1. The Labute approximate surface area is 170 Å². The van der Waals surface area contributed by atoms with Gasteiger partial charge in [0.05, 0.1) is 11.4 Å². The summed E-state index contributed by atoms with van der Waals surface area (Å²) < 4.78 is 2.58. The molecule has 0 radical (unpaired) electrons. The van der Waals surface area contributed by atoms with Gasteiger partial charge in [-0.2, -0.15) is 9.78 Å². The average Bonchev–Trinajstić information content (AvgIpc) is 3.06. The van der Waals surface area contributed by atoms with Gasteiger partial charge in [-0.1, -0.05) is 36.7 Å². The second kappa shape index (κ2) is 8.22. The summed E-state index contributed by atoms with van der Waals surface area (Å²) in [6, 6.07) is 11.5. The van der Waals surface area contributed by atoms with E-state index in [1.165, 1.54) is 11.8 Å². The van der Waals surface area contributed by atoms with Gasteiger partial charge < -0.3 is 5.32 Å². The van der Waals surface area contributed by atoms with Crippen molar-refractivity contribution < 1.29 is 4.79 Å². The number of hydrogen-bond acceptors (Lipinski definition) is 5. The van der Waals surface area contributed by atoms with Gasteiger partial charge in [0, 0.05) is 33.2 Å². The largest absolute Gasteiger partial charge is 0.310 e. The first-order valence-corrected chi connectivity index (χ1v) is 10.2. The van der Waals surface area contributed by atoms with Crippen molar-refractivity contribution in [1.29, 1.82) is 0 Å². The molecule has 0 saturated carbocycles. The Morgan fingerprint density at radius 3 is 2.48 bits per heavy atom. The Morgan fingerprint density at radius 1 is 1.19 bits per heavy atom. The van der Waals surface area contributed by atoms with Crippen LogP contribution in [-0.4, -0.2) is 31.4 Å². The molecule has 2 aromatic heterocycles. The zero-order chi connectivity index (χ0) is 19.4. The van der Waals surface area contributed by atoms with E-state index in [-0.39, 0.29) is 11.3 Å². The van der Waals surface area contributed by atoms with E-state index < -0.39 is 0 Å². The minimum absolute atomic E-state index is 0.111. The van der Waals surface area contributed by atoms with Crippen LogP contribution in [-0.2, 0) is 10.2 Å². The summed E-state index contributed by atoms with van der Waals surface area (Å²) in [5, 5.41) is 7.53. The smallest absolute Gasteiger partial charge is 0.252 e. The van der Waals surface area contributed by atoms with Gasteiger partial charge in [-0.25, -0.2) is 9.97 Å². The average molecular weight is 446 g/mol. The number of anilines is 1. The predicted molar refractivity (Wildman–Crippen MR) is 111 cm³/mol. The molecule has 1 N–H and O–H groups in total. The van der Waals surface area contributed by atoms with Gasteiger partial charge in [-0.3, -0.25) is 4.79 Å². The van der Waals surface area contributed by atoms with Crippen LogP contribution in [0.5, 0.6) is 0 Å². The Bertz CT molecular complexity index is 920. The molecule has 0 aliphatic rings. The summed E-state index contributed by atoms with van der Waals surface area (Å²) in [5.41, 5.74) is 0.692. The molecule has 6 nitrogen and oxygen atoms in total. The van der Waals surface area contributed by atoms with Crippen molar-refractivity contribution in [2.24, 2.45) is 0 Å². The molecule has 8 heteroatoms. The molecule has 2 heterocycles. The van der Waals surface area contributed by atoms with E-state index in [4.69, 9.17) is 0 Å². The molecule has 27 heavy (non-hydrogen) atoms. The molecular weight excluding hydrogens is 426 g/mol. The van der Waals surface area contributed by atoms with Gasteiger partial charge >= 0.3 is 0 Å². The lowest BCUT2D eigenvalue weighted by Gasteiger charge is -2.13. The van der Waals surface area contributed by atoms with Crippen LogP contribution in [0.15, 0.2) is 58.2 Å². The van der Waals surface area contributed by atoms with Crippen molar-refractivity contribution in [3.63, 3.8) is 0 Å². The topological polar surface area (TPSA) is 72.7 Å². The zero-order valence-electron chi connectivity index (χ0n) is 15.3. The molecule has 0 unspecified atom stereocenters. The van der Waals surface area contributed by atoms with Crippen LogP contribution in [0.2, 0.25) is 0 Å². The molecule has 3 rings (SSSR count). The van der Waals surface area contributed by atoms with Gasteiger partial charge in [0.25, 0.3) is 5.95 Å². The number of hydrogen-bond donors (Lipinski definition) is 1. The van der Waals surface area contributed by atoms with E-state index in [1.54, 1.807) is 23.1 Å². The Balaban J connectivity index is 1.77. The normalized spacial score (nSPS) is 11.4. The third-order valence-electron chi connectivity index (χ3n) is 3.67. The standard InChI is InChI=1S/C19H20BrN5OS/c1-19(2,3)15-11-16(25(24-15)18-21-9-4-10-22-18)23-17(26)12-27-14-7-5-13(20)6-8-14/h4-11H,12H2,1-3H3,(H,23,26). The van der Waals surface area contributed by atoms with Gasteiger partial charge in [0.2, 0.25) is 5.91 Å². The van der Waals surface area contributed by atoms with Crippen LogP contribution in [0.1, 0.15) is 26.5 Å². The van der Waals surface area contributed by atoms with Crippen molar-refractivity contribution >= 4 is 39.4 Å². The summed E-state index contributed by atoms with van der Waals surface area (Å²) >= 11 is 4.88. The second-order valence-corrected chi connectivity index (χ2v) is 8.88. The molecule has 1 amide bonds. The van der Waals surface area contributed by atoms with Gasteiger partial charge in [0.15, 0.2) is 0 Å². The number of rotatable bonds is 5. The first-order chi connectivity index (χ1) is 12.8. The molecule has 0 saturated heterocycles. The summed E-state index contributed by atoms with van der Waals surface area (Å²) in [4.78, 5) is 22.0. The van der Waals surface area contributed by atoms with Crippen molar-refractivity contribution in [1.82, 2.24) is 19.7 Å². The molecule has 0 aliphatic heterocycles. The van der Waals surface area contributed by atoms with Gasteiger partial charge in [0.1, 0.15) is 5.82 Å². The molecule has 0 aliphatic carbocycles. The number of carbonyl (C=O) groups excluding carboxylic acids is 1. The van der Waals surface area contributed by atoms with E-state index in [2.05, 4.69) is 57.1 Å². The number of aromatic nitrogens is 4. The van der Waals surface area contributed by atoms with Crippen LogP contribution < -0.4 is 5.32 Å². The van der Waals surface area contributed by atoms with E-state index >= 15 is 0 Å². The van der Waals surface area contributed by atoms with Gasteiger partial charge in [-0.15, -0.1) is 11.8 Å². The molecule has 0 spiro atoms. The van der Waals surface area contributed by atoms with Crippen LogP contribution in [0.3, 0.4) is 0 Å². The number of nitrogens with one attached hydrogen (secondary N) is 1. The molecular formula is C19H20BrN5OS. The van der Waals surface area contributed by atoms with Crippen LogP contribution in [0.25, 0.3) is 5.95 Å². The fourth-order valence-electron chi connectivity index (χ4n) is 2.25. The number of nitrogens with zero attached hydrogens (tertiary/aromatic N) is 4. The monoisotopic (exact) mass is 445 g/mol. The molecule has 1 aromatic carbocycles. The third-order valence-corrected chi connectivity index (χ3v) is 5.21. The highest BCUT2D eigenvalue weighted by Crippen LogP contribution is 2.26. The van der Waals surface area contributed by atoms with E-state index in [0.29, 0.717) is 17.5 Å². The Kier molecular flexibility index (Phi) is 5.96. The molecule has 0 bridgehead atoms. The number of carbonyl (C=O) groups is 1. The summed E-state index contributed by atoms with van der Waals surface area (Å²) in [5.74, 6) is 1.17. The first-order valence-electron chi connectivity index (χ1n) is 8.39. The lowest BCUT2D eigenvalue weighted by molar-refractivity contribution is -0.113. The van der Waals surface area contributed by atoms with Crippen molar-refractivity contribution in [3.05, 3.63) is 59.0 Å². The minimum atomic E-state index is -0.161. The summed E-state index contributed by atoms with van der Waals surface area (Å²) in [7, 11) is 0. The SMILES string of the molecule is CC(C)(C)c1cc(NC(=O)CSc2ccc(Br)cc2)n(-c2ncccn2)n1. The fourth-order valence-corrected chi connectivity index (χ4v) is 3.21. The van der Waals surface area contributed by atoms with E-state index in [1.807, 2.05) is 30.3 Å². The van der Waals surface area contributed by atoms with Crippen LogP contribution in [0.4, 0.5) is 5.82 Å². The number of benzene rings is 1. The highest BCUT2D eigenvalue weighted by atomic mass is 79.9. The Hall–Kier alpha value is -2.19. The molecule has 3 aromatic rings. The van der Waals surface area contributed by atoms with Crippen molar-refractivity contribution in [2.75, 3.05) is 11.1 Å². The highest BCUT2D eigenvalue weighted by Gasteiger charge is 2.22. The summed E-state index contributed by atoms with van der Waals surface area (Å²) in [6.45, 7) is 6.21. The Morgan fingerprint density at radius 2 is 1.85 bits per heavy atom. The maximum Gasteiger partial charge on any atom is 0.252 e. The van der Waals surface area contributed by atoms with Crippen LogP contribution in [0, 0.1) is 0 Å². The molecule has 140 valence electrons. The lowest BCUT2D eigenvalue weighted by atomic mass is 9.92. The van der Waals surface area contributed by atoms with Gasteiger partial charge in [-0.05, 0) is 30.3 Å². The maximum atomic E-state index is 12.5. The zero-order valence-corrected chi connectivity index (χ0v) is 17.7. The number of amides is 1. The maximum absolute atomic E-state index is 12.5. The van der Waals surface area contributed by atoms with E-state index in [9.17, 15) is 4.79 Å².